The fourth-order valence-electron chi connectivity index (χ4n) is 3.98. The largest absolute Gasteiger partial charge is 0.340 e. The summed E-state index contributed by atoms with van der Waals surface area (Å²) in [5.41, 5.74) is 0. The van der Waals surface area contributed by atoms with Crippen LogP contribution in [0.4, 0.5) is 0 Å². The van der Waals surface area contributed by atoms with Gasteiger partial charge in [0.2, 0.25) is 5.91 Å². The number of nitrogens with zero attached hydrogens (tertiary/aromatic N) is 2. The second-order valence-corrected chi connectivity index (χ2v) is 8.98. The Morgan fingerprint density at radius 3 is 2.14 bits per heavy atom. The van der Waals surface area contributed by atoms with Gasteiger partial charge in [0, 0.05) is 38.1 Å². The van der Waals surface area contributed by atoms with Crippen LogP contribution in [-0.2, 0) is 14.6 Å². The van der Waals surface area contributed by atoms with Crippen LogP contribution in [0.15, 0.2) is 0 Å². The van der Waals surface area contributed by atoms with E-state index in [9.17, 15) is 13.2 Å². The Bertz CT molecular complexity index is 477. The van der Waals surface area contributed by atoms with Gasteiger partial charge < -0.3 is 4.90 Å². The van der Waals surface area contributed by atoms with Crippen LogP contribution < -0.4 is 0 Å². The normalized spacial score (nSPS) is 31.4. The van der Waals surface area contributed by atoms with Crippen LogP contribution >= 0.6 is 0 Å². The number of rotatable bonds is 2. The predicted octanol–water partition coefficient (Wildman–Crippen LogP) is 0.898. The summed E-state index contributed by atoms with van der Waals surface area (Å²) in [6.45, 7) is 3.20. The quantitative estimate of drug-likeness (QED) is 0.760. The van der Waals surface area contributed by atoms with Gasteiger partial charge in [0.05, 0.1) is 11.5 Å². The van der Waals surface area contributed by atoms with E-state index in [-0.39, 0.29) is 12.0 Å². The number of sulfone groups is 1. The first-order valence-electron chi connectivity index (χ1n) is 8.28. The molecule has 3 aliphatic rings. The van der Waals surface area contributed by atoms with Crippen molar-refractivity contribution in [1.29, 1.82) is 0 Å². The number of carbonyl (C=O) groups excluding carboxylic acids is 1. The Morgan fingerprint density at radius 1 is 0.905 bits per heavy atom. The van der Waals surface area contributed by atoms with Crippen molar-refractivity contribution in [3.05, 3.63) is 0 Å². The lowest BCUT2D eigenvalue weighted by Gasteiger charge is -2.39. The Labute approximate surface area is 127 Å². The minimum absolute atomic E-state index is 0.182. The maximum Gasteiger partial charge on any atom is 0.225 e. The van der Waals surface area contributed by atoms with Gasteiger partial charge >= 0.3 is 0 Å². The standard InChI is InChI=1S/C15H26N2O3S/c18-15(13-4-2-1-3-5-13)17-9-7-16(8-10-17)14-6-11-21(19,20)12-14/h13-14H,1-12H2. The first-order valence-corrected chi connectivity index (χ1v) is 10.1. The molecule has 0 aromatic heterocycles. The molecule has 0 radical (unpaired) electrons. The average molecular weight is 314 g/mol. The SMILES string of the molecule is O=C(C1CCCCC1)N1CCN(C2CCS(=O)(=O)C2)CC1. The highest BCUT2D eigenvalue weighted by atomic mass is 32.2. The fraction of sp³-hybridized carbons (Fsp3) is 0.933. The molecule has 2 saturated heterocycles. The summed E-state index contributed by atoms with van der Waals surface area (Å²) >= 11 is 0. The highest BCUT2D eigenvalue weighted by Crippen LogP contribution is 2.26. The van der Waals surface area contributed by atoms with Crippen molar-refractivity contribution < 1.29 is 13.2 Å². The third-order valence-electron chi connectivity index (χ3n) is 5.31. The molecule has 0 aromatic carbocycles. The Morgan fingerprint density at radius 2 is 1.57 bits per heavy atom. The maximum atomic E-state index is 12.5. The van der Waals surface area contributed by atoms with Crippen molar-refractivity contribution >= 4 is 15.7 Å². The summed E-state index contributed by atoms with van der Waals surface area (Å²) < 4.78 is 23.1. The third-order valence-corrected chi connectivity index (χ3v) is 7.06. The lowest BCUT2D eigenvalue weighted by molar-refractivity contribution is -0.138. The van der Waals surface area contributed by atoms with E-state index < -0.39 is 9.84 Å². The zero-order valence-electron chi connectivity index (χ0n) is 12.7. The lowest BCUT2D eigenvalue weighted by atomic mass is 9.88. The van der Waals surface area contributed by atoms with E-state index in [0.717, 1.165) is 45.4 Å². The number of carbonyl (C=O) groups is 1. The molecule has 0 bridgehead atoms. The molecule has 120 valence electrons. The third kappa shape index (κ3) is 3.59. The number of amides is 1. The molecular weight excluding hydrogens is 288 g/mol. The van der Waals surface area contributed by atoms with Crippen LogP contribution in [0.2, 0.25) is 0 Å². The summed E-state index contributed by atoms with van der Waals surface area (Å²) in [6, 6.07) is 0.182. The summed E-state index contributed by atoms with van der Waals surface area (Å²) in [4.78, 5) is 16.8. The van der Waals surface area contributed by atoms with Crippen LogP contribution in [0.5, 0.6) is 0 Å². The summed E-state index contributed by atoms with van der Waals surface area (Å²) in [5, 5.41) is 0. The van der Waals surface area contributed by atoms with Gasteiger partial charge in [-0.25, -0.2) is 8.42 Å². The first-order chi connectivity index (χ1) is 10.1. The molecule has 0 aromatic rings. The Hall–Kier alpha value is -0.620. The molecule has 2 heterocycles. The molecule has 21 heavy (non-hydrogen) atoms. The molecule has 1 saturated carbocycles. The summed E-state index contributed by atoms with van der Waals surface area (Å²) in [6.07, 6.45) is 6.53. The van der Waals surface area contributed by atoms with Gasteiger partial charge in [0.1, 0.15) is 0 Å². The van der Waals surface area contributed by atoms with E-state index >= 15 is 0 Å². The van der Waals surface area contributed by atoms with Gasteiger partial charge in [-0.05, 0) is 19.3 Å². The van der Waals surface area contributed by atoms with E-state index in [2.05, 4.69) is 4.90 Å². The molecular formula is C15H26N2O3S. The van der Waals surface area contributed by atoms with Crippen molar-refractivity contribution in [2.45, 2.75) is 44.6 Å². The first kappa shape index (κ1) is 15.3. The van der Waals surface area contributed by atoms with E-state index in [0.29, 0.717) is 17.4 Å². The van der Waals surface area contributed by atoms with Crippen molar-refractivity contribution in [2.24, 2.45) is 5.92 Å². The minimum atomic E-state index is -2.81. The topological polar surface area (TPSA) is 57.7 Å². The molecule has 1 amide bonds. The zero-order valence-corrected chi connectivity index (χ0v) is 13.5. The molecule has 6 heteroatoms. The van der Waals surface area contributed by atoms with Gasteiger partial charge in [-0.2, -0.15) is 0 Å². The van der Waals surface area contributed by atoms with E-state index in [4.69, 9.17) is 0 Å². The molecule has 3 rings (SSSR count). The molecule has 3 fully saturated rings. The number of hydrogen-bond donors (Lipinski definition) is 0. The second kappa shape index (κ2) is 6.24. The van der Waals surface area contributed by atoms with Crippen LogP contribution in [-0.4, -0.2) is 67.9 Å². The van der Waals surface area contributed by atoms with Crippen LogP contribution in [0.1, 0.15) is 38.5 Å². The highest BCUT2D eigenvalue weighted by Gasteiger charge is 2.35. The minimum Gasteiger partial charge on any atom is -0.340 e. The zero-order chi connectivity index (χ0) is 14.9. The number of piperazine rings is 1. The average Bonchev–Trinajstić information content (AvgIpc) is 2.88. The fourth-order valence-corrected chi connectivity index (χ4v) is 5.74. The van der Waals surface area contributed by atoms with E-state index in [1.54, 1.807) is 0 Å². The predicted molar refractivity (Wildman–Crippen MR) is 81.8 cm³/mol. The molecule has 1 aliphatic carbocycles. The summed E-state index contributed by atoms with van der Waals surface area (Å²) in [5.74, 6) is 1.23. The molecule has 0 spiro atoms. The molecule has 2 aliphatic heterocycles. The van der Waals surface area contributed by atoms with Gasteiger partial charge in [-0.3, -0.25) is 9.69 Å². The molecule has 1 atom stereocenters. The maximum absolute atomic E-state index is 12.5. The van der Waals surface area contributed by atoms with E-state index in [1.165, 1.54) is 19.3 Å². The van der Waals surface area contributed by atoms with Gasteiger partial charge in [-0.1, -0.05) is 19.3 Å². The smallest absolute Gasteiger partial charge is 0.225 e. The second-order valence-electron chi connectivity index (χ2n) is 6.75. The molecule has 5 nitrogen and oxygen atoms in total. The van der Waals surface area contributed by atoms with Crippen molar-refractivity contribution in [3.63, 3.8) is 0 Å². The van der Waals surface area contributed by atoms with Crippen LogP contribution in [0.25, 0.3) is 0 Å². The molecule has 1 unspecified atom stereocenters. The summed E-state index contributed by atoms with van der Waals surface area (Å²) in [7, 11) is -2.81. The number of hydrogen-bond acceptors (Lipinski definition) is 4. The van der Waals surface area contributed by atoms with Crippen molar-refractivity contribution in [2.75, 3.05) is 37.7 Å². The van der Waals surface area contributed by atoms with Gasteiger partial charge in [0.15, 0.2) is 9.84 Å². The van der Waals surface area contributed by atoms with Crippen LogP contribution in [0, 0.1) is 5.92 Å². The van der Waals surface area contributed by atoms with E-state index in [1.807, 2.05) is 4.90 Å². The molecule has 0 N–H and O–H groups in total. The van der Waals surface area contributed by atoms with Crippen LogP contribution in [0.3, 0.4) is 0 Å². The Kier molecular flexibility index (Phi) is 4.54. The monoisotopic (exact) mass is 314 g/mol. The lowest BCUT2D eigenvalue weighted by Crippen LogP contribution is -2.53. The van der Waals surface area contributed by atoms with Crippen molar-refractivity contribution in [1.82, 2.24) is 9.80 Å². The van der Waals surface area contributed by atoms with Crippen molar-refractivity contribution in [3.8, 4) is 0 Å². The van der Waals surface area contributed by atoms with Gasteiger partial charge in [-0.15, -0.1) is 0 Å². The Balaban J connectivity index is 1.49. The van der Waals surface area contributed by atoms with Gasteiger partial charge in [0.25, 0.3) is 0 Å². The highest BCUT2D eigenvalue weighted by molar-refractivity contribution is 7.91.